The minimum absolute atomic E-state index is 0.0248. The lowest BCUT2D eigenvalue weighted by atomic mass is 10.0. The van der Waals surface area contributed by atoms with Crippen molar-refractivity contribution in [2.45, 2.75) is 271 Å². The largest absolute Gasteiger partial charge is 0.466 e. The van der Waals surface area contributed by atoms with Gasteiger partial charge >= 0.3 is 5.97 Å². The molecular formula is C46H90O2. The number of allylic oxidation sites excluding steroid dienone is 2. The van der Waals surface area contributed by atoms with E-state index in [4.69, 9.17) is 4.74 Å². The average molecular weight is 675 g/mol. The lowest BCUT2D eigenvalue weighted by Crippen LogP contribution is -2.05. The number of carbonyl (C=O) groups excluding carboxylic acids is 1. The van der Waals surface area contributed by atoms with Crippen molar-refractivity contribution in [2.24, 2.45) is 0 Å². The van der Waals surface area contributed by atoms with Crippen molar-refractivity contribution in [3.05, 3.63) is 12.2 Å². The van der Waals surface area contributed by atoms with Gasteiger partial charge in [-0.15, -0.1) is 0 Å². The molecule has 0 saturated carbocycles. The zero-order valence-corrected chi connectivity index (χ0v) is 33.5. The van der Waals surface area contributed by atoms with Gasteiger partial charge in [0.05, 0.1) is 6.61 Å². The molecule has 0 fully saturated rings. The van der Waals surface area contributed by atoms with E-state index < -0.39 is 0 Å². The van der Waals surface area contributed by atoms with Crippen LogP contribution < -0.4 is 0 Å². The molecule has 0 heterocycles. The Morgan fingerprint density at radius 1 is 0.333 bits per heavy atom. The van der Waals surface area contributed by atoms with E-state index in [0.717, 1.165) is 12.8 Å². The van der Waals surface area contributed by atoms with Gasteiger partial charge < -0.3 is 4.74 Å². The van der Waals surface area contributed by atoms with Gasteiger partial charge in [0.25, 0.3) is 0 Å². The Morgan fingerprint density at radius 2 is 0.583 bits per heavy atom. The predicted octanol–water partition coefficient (Wildman–Crippen LogP) is 16.7. The summed E-state index contributed by atoms with van der Waals surface area (Å²) in [6.45, 7) is 5.21. The molecule has 2 heteroatoms. The molecule has 48 heavy (non-hydrogen) atoms. The molecule has 0 aliphatic heterocycles. The highest BCUT2D eigenvalue weighted by Gasteiger charge is 2.03. The summed E-state index contributed by atoms with van der Waals surface area (Å²) in [4.78, 5) is 12.0. The zero-order valence-electron chi connectivity index (χ0n) is 33.5. The van der Waals surface area contributed by atoms with Crippen LogP contribution in [0.15, 0.2) is 12.2 Å². The second-order valence-corrected chi connectivity index (χ2v) is 15.4. The van der Waals surface area contributed by atoms with Gasteiger partial charge in [-0.3, -0.25) is 4.79 Å². The van der Waals surface area contributed by atoms with E-state index in [9.17, 15) is 4.79 Å². The fraction of sp³-hybridized carbons (Fsp3) is 0.935. The highest BCUT2D eigenvalue weighted by molar-refractivity contribution is 5.69. The number of hydrogen-bond acceptors (Lipinski definition) is 2. The molecule has 0 rings (SSSR count). The average Bonchev–Trinajstić information content (AvgIpc) is 3.09. The van der Waals surface area contributed by atoms with Gasteiger partial charge in [-0.05, 0) is 38.5 Å². The smallest absolute Gasteiger partial charge is 0.305 e. The first kappa shape index (κ1) is 47.2. The number of carbonyl (C=O) groups is 1. The molecule has 2 nitrogen and oxygen atoms in total. The van der Waals surface area contributed by atoms with Crippen molar-refractivity contribution in [3.63, 3.8) is 0 Å². The Bertz CT molecular complexity index is 611. The first-order valence-electron chi connectivity index (χ1n) is 22.6. The van der Waals surface area contributed by atoms with Gasteiger partial charge in [-0.2, -0.15) is 0 Å². The van der Waals surface area contributed by atoms with Crippen LogP contribution in [0.5, 0.6) is 0 Å². The maximum absolute atomic E-state index is 12.0. The second kappa shape index (κ2) is 44.2. The molecule has 0 atom stereocenters. The molecule has 0 N–H and O–H groups in total. The zero-order chi connectivity index (χ0) is 34.7. The van der Waals surface area contributed by atoms with E-state index in [-0.39, 0.29) is 5.97 Å². The fourth-order valence-electron chi connectivity index (χ4n) is 7.02. The van der Waals surface area contributed by atoms with Crippen LogP contribution in [0.1, 0.15) is 271 Å². The number of hydrogen-bond donors (Lipinski definition) is 0. The Morgan fingerprint density at radius 3 is 0.896 bits per heavy atom. The highest BCUT2D eigenvalue weighted by atomic mass is 16.5. The first-order chi connectivity index (χ1) is 23.8. The van der Waals surface area contributed by atoms with Gasteiger partial charge in [0.15, 0.2) is 0 Å². The molecule has 0 aromatic heterocycles. The maximum Gasteiger partial charge on any atom is 0.305 e. The summed E-state index contributed by atoms with van der Waals surface area (Å²) in [6, 6.07) is 0. The van der Waals surface area contributed by atoms with Crippen molar-refractivity contribution in [1.82, 2.24) is 0 Å². The molecule has 0 unspecified atom stereocenters. The molecule has 0 aromatic carbocycles. The van der Waals surface area contributed by atoms with Gasteiger partial charge in [-0.25, -0.2) is 0 Å². The van der Waals surface area contributed by atoms with Gasteiger partial charge in [-0.1, -0.05) is 238 Å². The highest BCUT2D eigenvalue weighted by Crippen LogP contribution is 2.16. The summed E-state index contributed by atoms with van der Waals surface area (Å²) in [7, 11) is 0. The molecule has 0 spiro atoms. The summed E-state index contributed by atoms with van der Waals surface area (Å²) in [5.74, 6) is 0.0248. The molecule has 0 bridgehead atoms. The van der Waals surface area contributed by atoms with Crippen LogP contribution in [0.2, 0.25) is 0 Å². The summed E-state index contributed by atoms with van der Waals surface area (Å²) < 4.78 is 5.47. The van der Waals surface area contributed by atoms with E-state index in [2.05, 4.69) is 26.0 Å². The summed E-state index contributed by atoms with van der Waals surface area (Å²) >= 11 is 0. The summed E-state index contributed by atoms with van der Waals surface area (Å²) in [5.41, 5.74) is 0. The maximum atomic E-state index is 12.0. The van der Waals surface area contributed by atoms with Crippen LogP contribution >= 0.6 is 0 Å². The van der Waals surface area contributed by atoms with Gasteiger partial charge in [0, 0.05) is 6.42 Å². The quantitative estimate of drug-likeness (QED) is 0.0366. The molecule has 286 valence electrons. The standard InChI is InChI=1S/C46H90O2/c1-3-5-7-9-11-13-15-17-19-21-22-23-24-25-26-27-28-29-30-32-34-36-38-40-42-44-46(47)48-45-43-41-39-37-35-33-31-20-18-16-14-12-10-8-6-4-2/h18,20H,3-17,19,21-45H2,1-2H3. The summed E-state index contributed by atoms with van der Waals surface area (Å²) in [6.07, 6.45) is 59.0. The van der Waals surface area contributed by atoms with E-state index in [1.54, 1.807) is 0 Å². The van der Waals surface area contributed by atoms with Crippen molar-refractivity contribution < 1.29 is 9.53 Å². The molecule has 0 aliphatic carbocycles. The van der Waals surface area contributed by atoms with Crippen molar-refractivity contribution in [2.75, 3.05) is 6.61 Å². The normalized spacial score (nSPS) is 11.6. The van der Waals surface area contributed by atoms with Crippen LogP contribution in [0.25, 0.3) is 0 Å². The van der Waals surface area contributed by atoms with Crippen LogP contribution in [0.3, 0.4) is 0 Å². The number of rotatable bonds is 42. The topological polar surface area (TPSA) is 26.3 Å². The second-order valence-electron chi connectivity index (χ2n) is 15.4. The van der Waals surface area contributed by atoms with Crippen molar-refractivity contribution in [3.8, 4) is 0 Å². The van der Waals surface area contributed by atoms with Gasteiger partial charge in [0.2, 0.25) is 0 Å². The number of ether oxygens (including phenoxy) is 1. The minimum atomic E-state index is 0.0248. The minimum Gasteiger partial charge on any atom is -0.466 e. The van der Waals surface area contributed by atoms with Gasteiger partial charge in [0.1, 0.15) is 0 Å². The third-order valence-corrected chi connectivity index (χ3v) is 10.4. The molecule has 0 radical (unpaired) electrons. The van der Waals surface area contributed by atoms with E-state index >= 15 is 0 Å². The Kier molecular flexibility index (Phi) is 43.5. The summed E-state index contributed by atoms with van der Waals surface area (Å²) in [5, 5.41) is 0. The van der Waals surface area contributed by atoms with E-state index in [0.29, 0.717) is 13.0 Å². The van der Waals surface area contributed by atoms with Crippen molar-refractivity contribution >= 4 is 5.97 Å². The first-order valence-corrected chi connectivity index (χ1v) is 22.6. The lowest BCUT2D eigenvalue weighted by Gasteiger charge is -2.06. The van der Waals surface area contributed by atoms with Crippen LogP contribution in [-0.4, -0.2) is 12.6 Å². The molecule has 0 amide bonds. The number of esters is 1. The van der Waals surface area contributed by atoms with Crippen LogP contribution in [0, 0.1) is 0 Å². The van der Waals surface area contributed by atoms with Crippen molar-refractivity contribution in [1.29, 1.82) is 0 Å². The Labute approximate surface area is 304 Å². The monoisotopic (exact) mass is 675 g/mol. The van der Waals surface area contributed by atoms with E-state index in [1.165, 1.54) is 238 Å². The molecule has 0 saturated heterocycles. The third-order valence-electron chi connectivity index (χ3n) is 10.4. The Hall–Kier alpha value is -0.790. The van der Waals surface area contributed by atoms with E-state index in [1.807, 2.05) is 0 Å². The fourth-order valence-corrected chi connectivity index (χ4v) is 7.02. The number of unbranched alkanes of at least 4 members (excludes halogenated alkanes) is 36. The molecule has 0 aliphatic rings. The van der Waals surface area contributed by atoms with Crippen LogP contribution in [0.4, 0.5) is 0 Å². The molecule has 0 aromatic rings. The third kappa shape index (κ3) is 43.2. The van der Waals surface area contributed by atoms with Crippen LogP contribution in [-0.2, 0) is 9.53 Å². The predicted molar refractivity (Wildman–Crippen MR) is 216 cm³/mol. The lowest BCUT2D eigenvalue weighted by molar-refractivity contribution is -0.143. The SMILES string of the molecule is CCCCCCCCC=CCCCCCCCCOC(=O)CCCCCCCCCCCCCCCCCCCCCCCCCCC. The molecular weight excluding hydrogens is 585 g/mol. The Balaban J connectivity index is 3.16.